The molecule has 0 saturated carbocycles. The van der Waals surface area contributed by atoms with Crippen molar-refractivity contribution in [2.24, 2.45) is 10.9 Å². The molecule has 0 spiro atoms. The highest BCUT2D eigenvalue weighted by Gasteiger charge is 2.43. The summed E-state index contributed by atoms with van der Waals surface area (Å²) in [5.74, 6) is -3.32. The molecule has 1 aromatic rings. The lowest BCUT2D eigenvalue weighted by Gasteiger charge is -2.29. The maximum Gasteiger partial charge on any atom is 0.322 e. The molecule has 2 atom stereocenters. The number of hydrogen-bond acceptors (Lipinski definition) is 10. The molecule has 0 saturated heterocycles. The van der Waals surface area contributed by atoms with Gasteiger partial charge in [-0.05, 0) is 39.7 Å². The topological polar surface area (TPSA) is 145 Å². The van der Waals surface area contributed by atoms with Gasteiger partial charge >= 0.3 is 11.9 Å². The summed E-state index contributed by atoms with van der Waals surface area (Å²) in [4.78, 5) is 40.3. The van der Waals surface area contributed by atoms with Crippen molar-refractivity contribution in [2.45, 2.75) is 70.0 Å². The lowest BCUT2D eigenvalue weighted by atomic mass is 10.1. The van der Waals surface area contributed by atoms with Gasteiger partial charge in [-0.2, -0.15) is 4.31 Å². The number of ether oxygens (including phenoxy) is 2. The van der Waals surface area contributed by atoms with Crippen LogP contribution in [0.15, 0.2) is 34.2 Å². The Morgan fingerprint density at radius 1 is 1.25 bits per heavy atom. The van der Waals surface area contributed by atoms with Gasteiger partial charge in [-0.25, -0.2) is 8.42 Å². The van der Waals surface area contributed by atoms with Crippen LogP contribution in [-0.2, 0) is 29.1 Å². The van der Waals surface area contributed by atoms with Gasteiger partial charge in [0.15, 0.2) is 10.8 Å². The van der Waals surface area contributed by atoms with Crippen LogP contribution >= 0.6 is 11.8 Å². The van der Waals surface area contributed by atoms with Gasteiger partial charge in [0.1, 0.15) is 11.8 Å². The van der Waals surface area contributed by atoms with Gasteiger partial charge in [-0.15, -0.1) is 11.8 Å². The van der Waals surface area contributed by atoms with Crippen LogP contribution in [-0.4, -0.2) is 65.8 Å². The Kier molecular flexibility index (Phi) is 10.4. The molecule has 36 heavy (non-hydrogen) atoms. The van der Waals surface area contributed by atoms with Crippen molar-refractivity contribution in [3.05, 3.63) is 34.4 Å². The first-order valence-corrected chi connectivity index (χ1v) is 14.0. The van der Waals surface area contributed by atoms with E-state index in [1.807, 2.05) is 0 Å². The van der Waals surface area contributed by atoms with Gasteiger partial charge in [-0.3, -0.25) is 24.7 Å². The summed E-state index contributed by atoms with van der Waals surface area (Å²) in [6, 6.07) is 4.93. The number of carbonyl (C=O) groups excluding carboxylic acids is 2. The zero-order chi connectivity index (χ0) is 27.1. The molecular weight excluding hydrogens is 510 g/mol. The van der Waals surface area contributed by atoms with Crippen LogP contribution in [0.2, 0.25) is 0 Å². The van der Waals surface area contributed by atoms with E-state index in [0.717, 1.165) is 47.9 Å². The molecule has 0 N–H and O–H groups in total. The van der Waals surface area contributed by atoms with Crippen LogP contribution in [0.4, 0.5) is 5.69 Å². The van der Waals surface area contributed by atoms with E-state index in [-0.39, 0.29) is 5.75 Å². The van der Waals surface area contributed by atoms with E-state index in [1.165, 1.54) is 23.9 Å². The first kappa shape index (κ1) is 29.7. The SMILES string of the molecule is CCCCCC1=N[C@@H](N(C[C@@H](C(=O)OC)C(=O)OC(C)(C)C)S(=O)(=O)c2ccccc2[N+](=O)[O-])CS1. The summed E-state index contributed by atoms with van der Waals surface area (Å²) < 4.78 is 38.6. The van der Waals surface area contributed by atoms with E-state index in [0.29, 0.717) is 6.42 Å². The number of para-hydroxylation sites is 1. The van der Waals surface area contributed by atoms with Crippen molar-refractivity contribution in [1.29, 1.82) is 0 Å². The van der Waals surface area contributed by atoms with E-state index in [9.17, 15) is 28.1 Å². The highest BCUT2D eigenvalue weighted by molar-refractivity contribution is 8.14. The summed E-state index contributed by atoms with van der Waals surface area (Å²) >= 11 is 1.39. The predicted octanol–water partition coefficient (Wildman–Crippen LogP) is 3.77. The molecule has 1 aliphatic heterocycles. The van der Waals surface area contributed by atoms with Crippen molar-refractivity contribution < 1.29 is 32.4 Å². The normalized spacial score (nSPS) is 16.9. The fourth-order valence-corrected chi connectivity index (χ4v) is 6.37. The number of carbonyl (C=O) groups is 2. The Hall–Kier alpha value is -2.51. The summed E-state index contributed by atoms with van der Waals surface area (Å²) in [7, 11) is -3.49. The van der Waals surface area contributed by atoms with Gasteiger partial charge in [0.05, 0.1) is 17.1 Å². The molecule has 0 amide bonds. The molecule has 11 nitrogen and oxygen atoms in total. The molecule has 0 unspecified atom stereocenters. The average Bonchev–Trinajstić information content (AvgIpc) is 3.26. The molecule has 13 heteroatoms. The fourth-order valence-electron chi connectivity index (χ4n) is 3.49. The quantitative estimate of drug-likeness (QED) is 0.126. The number of rotatable bonds is 12. The third kappa shape index (κ3) is 7.74. The third-order valence-corrected chi connectivity index (χ3v) is 8.23. The molecule has 0 fully saturated rings. The molecule has 1 heterocycles. The standard InChI is InChI=1S/C23H33N3O8S2/c1-6-7-8-13-20-24-19(15-35-20)25(14-16(21(27)33-5)22(28)34-23(2,3)4)36(31,32)18-12-10-9-11-17(18)26(29)30/h9-12,16,19H,6-8,13-15H2,1-5H3/t16-,19-/m0/s1. The number of benzene rings is 1. The molecule has 0 radical (unpaired) electrons. The molecule has 0 bridgehead atoms. The fraction of sp³-hybridized carbons (Fsp3) is 0.609. The monoisotopic (exact) mass is 543 g/mol. The second-order valence-corrected chi connectivity index (χ2v) is 12.1. The number of esters is 2. The van der Waals surface area contributed by atoms with Crippen LogP contribution in [0.3, 0.4) is 0 Å². The Morgan fingerprint density at radius 2 is 1.92 bits per heavy atom. The van der Waals surface area contributed by atoms with Crippen molar-refractivity contribution in [1.82, 2.24) is 4.31 Å². The summed E-state index contributed by atoms with van der Waals surface area (Å²) in [6.07, 6.45) is 2.59. The molecule has 0 aliphatic carbocycles. The highest BCUT2D eigenvalue weighted by Crippen LogP contribution is 2.33. The van der Waals surface area contributed by atoms with Crippen LogP contribution in [0.5, 0.6) is 0 Å². The third-order valence-electron chi connectivity index (χ3n) is 5.21. The lowest BCUT2D eigenvalue weighted by molar-refractivity contribution is -0.387. The average molecular weight is 544 g/mol. The first-order chi connectivity index (χ1) is 16.8. The van der Waals surface area contributed by atoms with Crippen LogP contribution in [0.25, 0.3) is 0 Å². The highest BCUT2D eigenvalue weighted by atomic mass is 32.2. The van der Waals surface area contributed by atoms with Gasteiger partial charge in [0, 0.05) is 18.4 Å². The van der Waals surface area contributed by atoms with E-state index < -0.39 is 61.7 Å². The summed E-state index contributed by atoms with van der Waals surface area (Å²) in [6.45, 7) is 6.26. The van der Waals surface area contributed by atoms with E-state index >= 15 is 0 Å². The number of nitro groups is 1. The number of thioether (sulfide) groups is 1. The van der Waals surface area contributed by atoms with Crippen LogP contribution in [0, 0.1) is 16.0 Å². The number of methoxy groups -OCH3 is 1. The number of nitrogens with zero attached hydrogens (tertiary/aromatic N) is 3. The molecule has 1 aromatic carbocycles. The van der Waals surface area contributed by atoms with Crippen LogP contribution in [0.1, 0.15) is 53.4 Å². The maximum atomic E-state index is 13.8. The van der Waals surface area contributed by atoms with E-state index in [4.69, 9.17) is 9.47 Å². The minimum absolute atomic E-state index is 0.240. The molecule has 0 aromatic heterocycles. The predicted molar refractivity (Wildman–Crippen MR) is 136 cm³/mol. The molecular formula is C23H33N3O8S2. The minimum Gasteiger partial charge on any atom is -0.468 e. The maximum absolute atomic E-state index is 13.8. The zero-order valence-electron chi connectivity index (χ0n) is 21.1. The smallest absolute Gasteiger partial charge is 0.322 e. The number of hydrogen-bond donors (Lipinski definition) is 0. The lowest BCUT2D eigenvalue weighted by Crippen LogP contribution is -2.47. The second kappa shape index (κ2) is 12.6. The van der Waals surface area contributed by atoms with Gasteiger partial charge in [0.2, 0.25) is 0 Å². The summed E-state index contributed by atoms with van der Waals surface area (Å²) in [5, 5.41) is 12.3. The van der Waals surface area contributed by atoms with Crippen molar-refractivity contribution in [3.63, 3.8) is 0 Å². The minimum atomic E-state index is -4.57. The van der Waals surface area contributed by atoms with Crippen molar-refractivity contribution in [2.75, 3.05) is 19.4 Å². The van der Waals surface area contributed by atoms with Gasteiger partial charge in [-0.1, -0.05) is 31.9 Å². The molecule has 200 valence electrons. The summed E-state index contributed by atoms with van der Waals surface area (Å²) in [5.41, 5.74) is -1.56. The number of nitro benzene ring substituents is 1. The van der Waals surface area contributed by atoms with Crippen molar-refractivity contribution >= 4 is 44.5 Å². The number of aliphatic imine (C=N–C) groups is 1. The van der Waals surface area contributed by atoms with E-state index in [2.05, 4.69) is 11.9 Å². The second-order valence-electron chi connectivity index (χ2n) is 9.18. The van der Waals surface area contributed by atoms with E-state index in [1.54, 1.807) is 20.8 Å². The first-order valence-electron chi connectivity index (χ1n) is 11.6. The largest absolute Gasteiger partial charge is 0.468 e. The van der Waals surface area contributed by atoms with Gasteiger partial charge < -0.3 is 9.47 Å². The Morgan fingerprint density at radius 3 is 2.50 bits per heavy atom. The molecule has 1 aliphatic rings. The number of sulfonamides is 1. The van der Waals surface area contributed by atoms with Crippen LogP contribution < -0.4 is 0 Å². The number of unbranched alkanes of at least 4 members (excludes halogenated alkanes) is 2. The Bertz CT molecular complexity index is 1100. The Labute approximate surface area is 215 Å². The van der Waals surface area contributed by atoms with Gasteiger partial charge in [0.25, 0.3) is 15.7 Å². The zero-order valence-corrected chi connectivity index (χ0v) is 22.8. The molecule has 2 rings (SSSR count). The Balaban J connectivity index is 2.55. The van der Waals surface area contributed by atoms with Crippen molar-refractivity contribution in [3.8, 4) is 0 Å².